The Hall–Kier alpha value is -3.61. The largest absolute Gasteiger partial charge is 0.466 e. The number of ether oxygens (including phenoxy) is 1. The molecule has 174 valence electrons. The third-order valence-electron chi connectivity index (χ3n) is 5.89. The first-order valence-corrected chi connectivity index (χ1v) is 11.2. The van der Waals surface area contributed by atoms with Crippen LogP contribution in [0.5, 0.6) is 0 Å². The van der Waals surface area contributed by atoms with Crippen LogP contribution in [0.4, 0.5) is 10.5 Å². The van der Waals surface area contributed by atoms with Crippen LogP contribution in [0.15, 0.2) is 65.9 Å². The van der Waals surface area contributed by atoms with Gasteiger partial charge < -0.3 is 15.4 Å². The van der Waals surface area contributed by atoms with Crippen molar-refractivity contribution < 1.29 is 19.1 Å². The van der Waals surface area contributed by atoms with Crippen molar-refractivity contribution >= 4 is 23.6 Å². The molecule has 1 heterocycles. The molecule has 2 N–H and O–H groups in total. The van der Waals surface area contributed by atoms with Crippen LogP contribution in [0.25, 0.3) is 0 Å². The molecule has 7 nitrogen and oxygen atoms in total. The van der Waals surface area contributed by atoms with Crippen molar-refractivity contribution in [2.75, 3.05) is 19.0 Å². The van der Waals surface area contributed by atoms with E-state index in [1.807, 2.05) is 44.2 Å². The van der Waals surface area contributed by atoms with Crippen LogP contribution < -0.4 is 10.6 Å². The van der Waals surface area contributed by atoms with Crippen LogP contribution in [-0.4, -0.2) is 36.5 Å². The molecule has 0 radical (unpaired) electrons. The van der Waals surface area contributed by atoms with E-state index < -0.39 is 12.0 Å². The summed E-state index contributed by atoms with van der Waals surface area (Å²) < 4.78 is 5.00. The number of urea groups is 1. The van der Waals surface area contributed by atoms with Gasteiger partial charge in [0.2, 0.25) is 5.91 Å². The molecule has 7 heteroatoms. The fraction of sp³-hybridized carbons (Fsp3) is 0.346. The first-order valence-electron chi connectivity index (χ1n) is 11.2. The Morgan fingerprint density at radius 1 is 1.09 bits per heavy atom. The summed E-state index contributed by atoms with van der Waals surface area (Å²) in [5.41, 5.74) is 3.33. The Labute approximate surface area is 194 Å². The maximum atomic E-state index is 12.9. The number of nitrogens with zero attached hydrogens (tertiary/aromatic N) is 1. The predicted molar refractivity (Wildman–Crippen MR) is 128 cm³/mol. The minimum atomic E-state index is -0.629. The summed E-state index contributed by atoms with van der Waals surface area (Å²) in [4.78, 5) is 39.6. The quantitative estimate of drug-likeness (QED) is 0.570. The standard InChI is InChI=1S/C26H31N3O4/c1-5-16-29-17(3)22(25(31)33-4)23(28-26(29)32)19-12-14-20(15-13-19)27-24(30)21(6-2)18-10-8-7-9-11-18/h7-15,21,23H,5-6,16H2,1-4H3,(H,27,30)(H,28,32). The van der Waals surface area contributed by atoms with Gasteiger partial charge in [0.25, 0.3) is 0 Å². The Morgan fingerprint density at radius 3 is 2.33 bits per heavy atom. The first kappa shape index (κ1) is 24.0. The van der Waals surface area contributed by atoms with Crippen LogP contribution in [-0.2, 0) is 14.3 Å². The average molecular weight is 450 g/mol. The third kappa shape index (κ3) is 5.25. The van der Waals surface area contributed by atoms with Crippen molar-refractivity contribution in [1.29, 1.82) is 0 Å². The maximum Gasteiger partial charge on any atom is 0.337 e. The summed E-state index contributed by atoms with van der Waals surface area (Å²) in [5, 5.41) is 5.88. The van der Waals surface area contributed by atoms with Crippen molar-refractivity contribution in [2.45, 2.75) is 45.6 Å². The molecule has 33 heavy (non-hydrogen) atoms. The minimum absolute atomic E-state index is 0.0800. The van der Waals surface area contributed by atoms with E-state index in [0.29, 0.717) is 29.9 Å². The number of hydrogen-bond donors (Lipinski definition) is 2. The highest BCUT2D eigenvalue weighted by Crippen LogP contribution is 2.32. The number of esters is 1. The van der Waals surface area contributed by atoms with Gasteiger partial charge in [0, 0.05) is 17.9 Å². The second-order valence-electron chi connectivity index (χ2n) is 8.01. The van der Waals surface area contributed by atoms with Gasteiger partial charge >= 0.3 is 12.0 Å². The third-order valence-corrected chi connectivity index (χ3v) is 5.89. The number of hydrogen-bond acceptors (Lipinski definition) is 4. The van der Waals surface area contributed by atoms with Gasteiger partial charge in [-0.15, -0.1) is 0 Å². The van der Waals surface area contributed by atoms with Crippen molar-refractivity contribution in [3.05, 3.63) is 77.0 Å². The van der Waals surface area contributed by atoms with E-state index in [9.17, 15) is 14.4 Å². The summed E-state index contributed by atoms with van der Waals surface area (Å²) in [5.74, 6) is -0.808. The molecular weight excluding hydrogens is 418 g/mol. The Kier molecular flexibility index (Phi) is 7.87. The molecule has 1 aliphatic rings. The topological polar surface area (TPSA) is 87.7 Å². The number of carbonyl (C=O) groups excluding carboxylic acids is 3. The molecule has 3 amide bonds. The summed E-state index contributed by atoms with van der Waals surface area (Å²) >= 11 is 0. The van der Waals surface area contributed by atoms with E-state index in [1.54, 1.807) is 36.1 Å². The number of nitrogens with one attached hydrogen (secondary N) is 2. The molecule has 0 aliphatic carbocycles. The molecule has 2 atom stereocenters. The number of anilines is 1. The van der Waals surface area contributed by atoms with E-state index in [0.717, 1.165) is 17.5 Å². The van der Waals surface area contributed by atoms with E-state index in [2.05, 4.69) is 10.6 Å². The summed E-state index contributed by atoms with van der Waals surface area (Å²) in [6.07, 6.45) is 1.45. The minimum Gasteiger partial charge on any atom is -0.466 e. The van der Waals surface area contributed by atoms with Gasteiger partial charge in [-0.05, 0) is 43.0 Å². The van der Waals surface area contributed by atoms with E-state index in [4.69, 9.17) is 4.74 Å². The lowest BCUT2D eigenvalue weighted by Crippen LogP contribution is -2.48. The highest BCUT2D eigenvalue weighted by Gasteiger charge is 2.35. The second kappa shape index (κ2) is 10.8. The van der Waals surface area contributed by atoms with E-state index in [1.165, 1.54) is 7.11 Å². The normalized spacial score (nSPS) is 16.8. The highest BCUT2D eigenvalue weighted by atomic mass is 16.5. The lowest BCUT2D eigenvalue weighted by atomic mass is 9.94. The molecular formula is C26H31N3O4. The Bertz CT molecular complexity index is 1030. The summed E-state index contributed by atoms with van der Waals surface area (Å²) in [7, 11) is 1.33. The lowest BCUT2D eigenvalue weighted by Gasteiger charge is -2.35. The number of amides is 3. The second-order valence-corrected chi connectivity index (χ2v) is 8.01. The number of benzene rings is 2. The van der Waals surface area contributed by atoms with Crippen LogP contribution in [0.2, 0.25) is 0 Å². The monoisotopic (exact) mass is 449 g/mol. The molecule has 1 aliphatic heterocycles. The molecule has 2 aromatic carbocycles. The van der Waals surface area contributed by atoms with Gasteiger partial charge in [-0.2, -0.15) is 0 Å². The molecule has 3 rings (SSSR count). The fourth-order valence-electron chi connectivity index (χ4n) is 4.14. The van der Waals surface area contributed by atoms with Gasteiger partial charge in [-0.3, -0.25) is 9.69 Å². The van der Waals surface area contributed by atoms with E-state index >= 15 is 0 Å². The number of allylic oxidation sites excluding steroid dienone is 1. The van der Waals surface area contributed by atoms with Gasteiger partial charge in [-0.1, -0.05) is 56.3 Å². The van der Waals surface area contributed by atoms with Crippen LogP contribution >= 0.6 is 0 Å². The number of carbonyl (C=O) groups is 3. The molecule has 0 aromatic heterocycles. The first-order chi connectivity index (χ1) is 15.9. The zero-order valence-corrected chi connectivity index (χ0v) is 19.6. The zero-order valence-electron chi connectivity index (χ0n) is 19.6. The number of methoxy groups -OCH3 is 1. The Balaban J connectivity index is 1.83. The highest BCUT2D eigenvalue weighted by molar-refractivity contribution is 5.96. The molecule has 0 saturated carbocycles. The fourth-order valence-corrected chi connectivity index (χ4v) is 4.14. The smallest absolute Gasteiger partial charge is 0.337 e. The van der Waals surface area contributed by atoms with Crippen molar-refractivity contribution in [1.82, 2.24) is 10.2 Å². The zero-order chi connectivity index (χ0) is 24.0. The van der Waals surface area contributed by atoms with Gasteiger partial charge in [0.15, 0.2) is 0 Å². The molecule has 0 saturated heterocycles. The maximum absolute atomic E-state index is 12.9. The van der Waals surface area contributed by atoms with E-state index in [-0.39, 0.29) is 17.9 Å². The van der Waals surface area contributed by atoms with Crippen LogP contribution in [0.1, 0.15) is 56.7 Å². The molecule has 0 bridgehead atoms. The van der Waals surface area contributed by atoms with Crippen LogP contribution in [0, 0.1) is 0 Å². The molecule has 2 unspecified atom stereocenters. The lowest BCUT2D eigenvalue weighted by molar-refractivity contribution is -0.136. The van der Waals surface area contributed by atoms with Crippen molar-refractivity contribution in [3.8, 4) is 0 Å². The number of rotatable bonds is 8. The van der Waals surface area contributed by atoms with Crippen molar-refractivity contribution in [3.63, 3.8) is 0 Å². The average Bonchev–Trinajstić information content (AvgIpc) is 2.82. The van der Waals surface area contributed by atoms with Crippen LogP contribution in [0.3, 0.4) is 0 Å². The molecule has 0 fully saturated rings. The molecule has 2 aromatic rings. The SMILES string of the molecule is CCCN1C(=O)NC(c2ccc(NC(=O)C(CC)c3ccccc3)cc2)C(C(=O)OC)=C1C. The predicted octanol–water partition coefficient (Wildman–Crippen LogP) is 4.74. The van der Waals surface area contributed by atoms with Gasteiger partial charge in [-0.25, -0.2) is 9.59 Å². The van der Waals surface area contributed by atoms with Crippen molar-refractivity contribution in [2.24, 2.45) is 0 Å². The van der Waals surface area contributed by atoms with Gasteiger partial charge in [0.05, 0.1) is 24.6 Å². The summed E-state index contributed by atoms with van der Waals surface area (Å²) in [6.45, 7) is 6.22. The Morgan fingerprint density at radius 2 is 1.76 bits per heavy atom. The van der Waals surface area contributed by atoms with Gasteiger partial charge in [0.1, 0.15) is 0 Å². The summed E-state index contributed by atoms with van der Waals surface area (Å²) in [6, 6.07) is 16.0. The molecule has 0 spiro atoms.